The van der Waals surface area contributed by atoms with Crippen molar-refractivity contribution in [2.45, 2.75) is 33.2 Å². The van der Waals surface area contributed by atoms with Crippen LogP contribution < -0.4 is 10.1 Å². The molecule has 1 aromatic carbocycles. The highest BCUT2D eigenvalue weighted by atomic mass is 16.5. The number of rotatable bonds is 5. The fourth-order valence-corrected chi connectivity index (χ4v) is 1.74. The fourth-order valence-electron chi connectivity index (χ4n) is 1.74. The van der Waals surface area contributed by atoms with Crippen LogP contribution in [0.25, 0.3) is 0 Å². The third kappa shape index (κ3) is 4.24. The highest BCUT2D eigenvalue weighted by Crippen LogP contribution is 2.17. The minimum absolute atomic E-state index is 0.512. The van der Waals surface area contributed by atoms with Crippen LogP contribution in [0.1, 0.15) is 27.2 Å². The zero-order valence-corrected chi connectivity index (χ0v) is 10.1. The lowest BCUT2D eigenvalue weighted by Crippen LogP contribution is -2.17. The average Bonchev–Trinajstić information content (AvgIpc) is 2.17. The van der Waals surface area contributed by atoms with Crippen LogP contribution in [0.3, 0.4) is 0 Å². The van der Waals surface area contributed by atoms with Gasteiger partial charge in [0.1, 0.15) is 5.75 Å². The molecule has 0 aliphatic rings. The maximum absolute atomic E-state index is 5.11. The first-order chi connectivity index (χ1) is 7.11. The van der Waals surface area contributed by atoms with E-state index >= 15 is 0 Å². The SMILES string of the molecule is COc1ccc(N[C@@H](C)CC(C)C)cc1. The van der Waals surface area contributed by atoms with Gasteiger partial charge in [0.05, 0.1) is 7.11 Å². The van der Waals surface area contributed by atoms with E-state index in [1.54, 1.807) is 7.11 Å². The van der Waals surface area contributed by atoms with Crippen LogP contribution in [0.15, 0.2) is 24.3 Å². The Balaban J connectivity index is 2.49. The van der Waals surface area contributed by atoms with E-state index in [1.165, 1.54) is 6.42 Å². The zero-order chi connectivity index (χ0) is 11.3. The lowest BCUT2D eigenvalue weighted by Gasteiger charge is -2.17. The van der Waals surface area contributed by atoms with Crippen LogP contribution in [0, 0.1) is 5.92 Å². The Kier molecular flexibility index (Phi) is 4.47. The molecule has 2 heteroatoms. The summed E-state index contributed by atoms with van der Waals surface area (Å²) in [7, 11) is 1.68. The summed E-state index contributed by atoms with van der Waals surface area (Å²) in [5.41, 5.74) is 1.16. The maximum Gasteiger partial charge on any atom is 0.119 e. The second-order valence-electron chi connectivity index (χ2n) is 4.40. The predicted molar refractivity (Wildman–Crippen MR) is 65.5 cm³/mol. The fraction of sp³-hybridized carbons (Fsp3) is 0.538. The minimum Gasteiger partial charge on any atom is -0.497 e. The summed E-state index contributed by atoms with van der Waals surface area (Å²) < 4.78 is 5.11. The molecule has 1 aromatic rings. The van der Waals surface area contributed by atoms with Gasteiger partial charge in [-0.05, 0) is 43.5 Å². The molecule has 0 saturated carbocycles. The molecule has 1 N–H and O–H groups in total. The molecule has 84 valence electrons. The van der Waals surface area contributed by atoms with Crippen molar-refractivity contribution in [2.24, 2.45) is 5.92 Å². The molecule has 0 aliphatic carbocycles. The van der Waals surface area contributed by atoms with Crippen LogP contribution >= 0.6 is 0 Å². The van der Waals surface area contributed by atoms with Crippen LogP contribution in [0.5, 0.6) is 5.75 Å². The summed E-state index contributed by atoms with van der Waals surface area (Å²) in [5, 5.41) is 3.47. The van der Waals surface area contributed by atoms with Crippen molar-refractivity contribution in [1.82, 2.24) is 0 Å². The van der Waals surface area contributed by atoms with E-state index in [2.05, 4.69) is 38.2 Å². The molecular weight excluding hydrogens is 186 g/mol. The van der Waals surface area contributed by atoms with Crippen LogP contribution in [0.2, 0.25) is 0 Å². The number of methoxy groups -OCH3 is 1. The first kappa shape index (κ1) is 11.9. The number of benzene rings is 1. The van der Waals surface area contributed by atoms with Crippen LogP contribution in [-0.2, 0) is 0 Å². The average molecular weight is 207 g/mol. The topological polar surface area (TPSA) is 21.3 Å². The molecule has 0 amide bonds. The summed E-state index contributed by atoms with van der Waals surface area (Å²) in [6.45, 7) is 6.70. The molecule has 0 spiro atoms. The summed E-state index contributed by atoms with van der Waals surface area (Å²) in [6.07, 6.45) is 1.19. The Morgan fingerprint density at radius 3 is 2.20 bits per heavy atom. The van der Waals surface area contributed by atoms with Gasteiger partial charge in [0.25, 0.3) is 0 Å². The molecule has 2 nitrogen and oxygen atoms in total. The molecular formula is C13H21NO. The van der Waals surface area contributed by atoms with E-state index < -0.39 is 0 Å². The maximum atomic E-state index is 5.11. The summed E-state index contributed by atoms with van der Waals surface area (Å²) >= 11 is 0. The van der Waals surface area contributed by atoms with Crippen molar-refractivity contribution in [3.05, 3.63) is 24.3 Å². The number of hydrogen-bond acceptors (Lipinski definition) is 2. The van der Waals surface area contributed by atoms with Gasteiger partial charge in [0.2, 0.25) is 0 Å². The third-order valence-electron chi connectivity index (χ3n) is 2.33. The Morgan fingerprint density at radius 2 is 1.73 bits per heavy atom. The predicted octanol–water partition coefficient (Wildman–Crippen LogP) is 3.54. The molecule has 0 fully saturated rings. The van der Waals surface area contributed by atoms with E-state index in [-0.39, 0.29) is 0 Å². The molecule has 1 atom stereocenters. The lowest BCUT2D eigenvalue weighted by molar-refractivity contribution is 0.415. The highest BCUT2D eigenvalue weighted by molar-refractivity contribution is 5.46. The summed E-state index contributed by atoms with van der Waals surface area (Å²) in [6, 6.07) is 8.57. The van der Waals surface area contributed by atoms with Crippen molar-refractivity contribution in [3.8, 4) is 5.75 Å². The normalized spacial score (nSPS) is 12.6. The van der Waals surface area contributed by atoms with Gasteiger partial charge < -0.3 is 10.1 Å². The van der Waals surface area contributed by atoms with Crippen molar-refractivity contribution >= 4 is 5.69 Å². The first-order valence-corrected chi connectivity index (χ1v) is 5.52. The monoisotopic (exact) mass is 207 g/mol. The highest BCUT2D eigenvalue weighted by Gasteiger charge is 2.04. The Bertz CT molecular complexity index is 279. The number of nitrogens with one attached hydrogen (secondary N) is 1. The van der Waals surface area contributed by atoms with Gasteiger partial charge in [-0.2, -0.15) is 0 Å². The van der Waals surface area contributed by atoms with Gasteiger partial charge >= 0.3 is 0 Å². The number of ether oxygens (including phenoxy) is 1. The number of anilines is 1. The van der Waals surface area contributed by atoms with Crippen LogP contribution in [-0.4, -0.2) is 13.2 Å². The quantitative estimate of drug-likeness (QED) is 0.797. The van der Waals surface area contributed by atoms with Crippen molar-refractivity contribution in [1.29, 1.82) is 0 Å². The van der Waals surface area contributed by atoms with Gasteiger partial charge in [0, 0.05) is 11.7 Å². The largest absolute Gasteiger partial charge is 0.497 e. The zero-order valence-electron chi connectivity index (χ0n) is 10.1. The van der Waals surface area contributed by atoms with Crippen molar-refractivity contribution in [2.75, 3.05) is 12.4 Å². The second kappa shape index (κ2) is 5.64. The smallest absolute Gasteiger partial charge is 0.119 e. The Morgan fingerprint density at radius 1 is 1.13 bits per heavy atom. The molecule has 1 rings (SSSR count). The Labute approximate surface area is 92.6 Å². The lowest BCUT2D eigenvalue weighted by atomic mass is 10.1. The van der Waals surface area contributed by atoms with Gasteiger partial charge in [-0.1, -0.05) is 13.8 Å². The van der Waals surface area contributed by atoms with Gasteiger partial charge in [-0.25, -0.2) is 0 Å². The van der Waals surface area contributed by atoms with Crippen molar-refractivity contribution in [3.63, 3.8) is 0 Å². The summed E-state index contributed by atoms with van der Waals surface area (Å²) in [4.78, 5) is 0. The van der Waals surface area contributed by atoms with E-state index in [0.717, 1.165) is 17.4 Å². The number of hydrogen-bond donors (Lipinski definition) is 1. The van der Waals surface area contributed by atoms with Crippen molar-refractivity contribution < 1.29 is 4.74 Å². The third-order valence-corrected chi connectivity index (χ3v) is 2.33. The molecule has 0 bridgehead atoms. The van der Waals surface area contributed by atoms with Gasteiger partial charge in [0.15, 0.2) is 0 Å². The van der Waals surface area contributed by atoms with E-state index in [0.29, 0.717) is 6.04 Å². The van der Waals surface area contributed by atoms with Crippen LogP contribution in [0.4, 0.5) is 5.69 Å². The van der Waals surface area contributed by atoms with Gasteiger partial charge in [-0.3, -0.25) is 0 Å². The standard InChI is InChI=1S/C13H21NO/c1-10(2)9-11(3)14-12-5-7-13(15-4)8-6-12/h5-8,10-11,14H,9H2,1-4H3/t11-/m0/s1. The van der Waals surface area contributed by atoms with Gasteiger partial charge in [-0.15, -0.1) is 0 Å². The molecule has 0 unspecified atom stereocenters. The Hall–Kier alpha value is -1.18. The molecule has 0 aliphatic heterocycles. The molecule has 0 aromatic heterocycles. The minimum atomic E-state index is 0.512. The first-order valence-electron chi connectivity index (χ1n) is 5.52. The molecule has 0 saturated heterocycles. The molecule has 15 heavy (non-hydrogen) atoms. The summed E-state index contributed by atoms with van der Waals surface area (Å²) in [5.74, 6) is 1.63. The second-order valence-corrected chi connectivity index (χ2v) is 4.40. The van der Waals surface area contributed by atoms with E-state index in [9.17, 15) is 0 Å². The van der Waals surface area contributed by atoms with E-state index in [1.807, 2.05) is 12.1 Å². The molecule has 0 heterocycles. The molecule has 0 radical (unpaired) electrons. The van der Waals surface area contributed by atoms with E-state index in [4.69, 9.17) is 4.74 Å².